The molecule has 0 amide bonds. The van der Waals surface area contributed by atoms with E-state index in [9.17, 15) is 20.4 Å². The Balaban J connectivity index is 2.17. The molecule has 1 aromatic carbocycles. The van der Waals surface area contributed by atoms with Gasteiger partial charge in [-0.05, 0) is 19.4 Å². The third-order valence-corrected chi connectivity index (χ3v) is 4.89. The van der Waals surface area contributed by atoms with Gasteiger partial charge in [-0.2, -0.15) is 0 Å². The molecule has 2 aliphatic heterocycles. The lowest BCUT2D eigenvalue weighted by molar-refractivity contribution is -0.483. The van der Waals surface area contributed by atoms with Crippen LogP contribution < -0.4 is 0 Å². The van der Waals surface area contributed by atoms with Crippen molar-refractivity contribution in [3.8, 4) is 0 Å². The average Bonchev–Trinajstić information content (AvgIpc) is 2.35. The van der Waals surface area contributed by atoms with Gasteiger partial charge in [-0.1, -0.05) is 30.3 Å². The molecule has 1 aliphatic carbocycles. The highest BCUT2D eigenvalue weighted by atomic mass is 16.7. The molecule has 4 N–H and O–H groups in total. The van der Waals surface area contributed by atoms with Gasteiger partial charge in [0.2, 0.25) is 0 Å². The summed E-state index contributed by atoms with van der Waals surface area (Å²) >= 11 is 0. The Hall–Kier alpha value is -0.980. The van der Waals surface area contributed by atoms with Crippen LogP contribution in [0.2, 0.25) is 0 Å². The third kappa shape index (κ3) is 1.18. The number of rotatable bonds is 1. The Morgan fingerprint density at radius 3 is 2.21 bits per heavy atom. The normalized spacial score (nSPS) is 52.6. The molecule has 2 bridgehead atoms. The van der Waals surface area contributed by atoms with Crippen molar-refractivity contribution in [1.29, 1.82) is 0 Å². The van der Waals surface area contributed by atoms with E-state index in [1.807, 2.05) is 6.07 Å². The predicted molar refractivity (Wildman–Crippen MR) is 66.3 cm³/mol. The highest BCUT2D eigenvalue weighted by Gasteiger charge is 2.86. The molecule has 4 rings (SSSR count). The van der Waals surface area contributed by atoms with Crippen LogP contribution in [0.1, 0.15) is 25.3 Å². The van der Waals surface area contributed by atoms with Gasteiger partial charge in [-0.15, -0.1) is 0 Å². The van der Waals surface area contributed by atoms with Crippen LogP contribution in [0.3, 0.4) is 0 Å². The van der Waals surface area contributed by atoms with Gasteiger partial charge in [0.1, 0.15) is 11.2 Å². The van der Waals surface area contributed by atoms with Crippen molar-refractivity contribution in [3.05, 3.63) is 35.9 Å². The summed E-state index contributed by atoms with van der Waals surface area (Å²) in [6, 6.07) is 8.87. The lowest BCUT2D eigenvalue weighted by Crippen LogP contribution is -2.93. The van der Waals surface area contributed by atoms with Crippen molar-refractivity contribution in [2.24, 2.45) is 0 Å². The van der Waals surface area contributed by atoms with Crippen molar-refractivity contribution in [1.82, 2.24) is 0 Å². The molecule has 2 saturated heterocycles. The van der Waals surface area contributed by atoms with Crippen LogP contribution in [0.4, 0.5) is 0 Å². The van der Waals surface area contributed by atoms with Crippen molar-refractivity contribution < 1.29 is 25.2 Å². The molecule has 0 radical (unpaired) electrons. The number of ether oxygens (including phenoxy) is 1. The minimum absolute atomic E-state index is 0.241. The van der Waals surface area contributed by atoms with E-state index in [2.05, 4.69) is 0 Å². The van der Waals surface area contributed by atoms with E-state index in [1.165, 1.54) is 13.8 Å². The second kappa shape index (κ2) is 3.37. The Morgan fingerprint density at radius 2 is 1.63 bits per heavy atom. The van der Waals surface area contributed by atoms with E-state index in [0.29, 0.717) is 5.56 Å². The summed E-state index contributed by atoms with van der Waals surface area (Å²) in [5.74, 6) is -2.73. The van der Waals surface area contributed by atoms with E-state index in [0.717, 1.165) is 0 Å². The number of fused-ring (bicyclic) bond motifs is 2. The first-order valence-corrected chi connectivity index (χ1v) is 6.27. The molecular weight excluding hydrogens is 248 g/mol. The lowest BCUT2D eigenvalue weighted by atomic mass is 9.42. The van der Waals surface area contributed by atoms with Crippen LogP contribution in [-0.2, 0) is 4.74 Å². The van der Waals surface area contributed by atoms with Gasteiger partial charge >= 0.3 is 0 Å². The number of hydrogen-bond acceptors (Lipinski definition) is 5. The van der Waals surface area contributed by atoms with Crippen LogP contribution in [0.5, 0.6) is 0 Å². The molecule has 2 unspecified atom stereocenters. The Morgan fingerprint density at radius 1 is 1.05 bits per heavy atom. The van der Waals surface area contributed by atoms with Gasteiger partial charge in [-0.25, -0.2) is 0 Å². The first kappa shape index (κ1) is 13.0. The van der Waals surface area contributed by atoms with E-state index in [4.69, 9.17) is 4.74 Å². The van der Waals surface area contributed by atoms with Gasteiger partial charge in [-0.3, -0.25) is 0 Å². The molecule has 1 aromatic rings. The van der Waals surface area contributed by atoms with Gasteiger partial charge < -0.3 is 25.2 Å². The molecule has 104 valence electrons. The van der Waals surface area contributed by atoms with Gasteiger partial charge in [0, 0.05) is 0 Å². The third-order valence-electron chi connectivity index (χ3n) is 4.89. The second-order valence-electron chi connectivity index (χ2n) is 5.88. The van der Waals surface area contributed by atoms with Crippen molar-refractivity contribution >= 4 is 0 Å². The fourth-order valence-electron chi connectivity index (χ4n) is 3.63. The Labute approximate surface area is 111 Å². The zero-order chi connectivity index (χ0) is 14.1. The fraction of sp³-hybridized carbons (Fsp3) is 0.571. The lowest BCUT2D eigenvalue weighted by Gasteiger charge is -2.73. The van der Waals surface area contributed by atoms with Gasteiger partial charge in [0.15, 0.2) is 11.4 Å². The first-order chi connectivity index (χ1) is 8.68. The SMILES string of the molecule is CC1(O)OC[C@]2(O)C(c3ccccc3)[C@@]1(O)[C@@]2(C)O. The molecule has 0 spiro atoms. The summed E-state index contributed by atoms with van der Waals surface area (Å²) in [6.07, 6.45) is 0. The summed E-state index contributed by atoms with van der Waals surface area (Å²) in [5.41, 5.74) is -4.77. The summed E-state index contributed by atoms with van der Waals surface area (Å²) < 4.78 is 5.12. The molecule has 3 fully saturated rings. The van der Waals surface area contributed by atoms with E-state index in [1.54, 1.807) is 24.3 Å². The van der Waals surface area contributed by atoms with E-state index in [-0.39, 0.29) is 6.61 Å². The second-order valence-corrected chi connectivity index (χ2v) is 5.88. The molecule has 0 aromatic heterocycles. The maximum Gasteiger partial charge on any atom is 0.195 e. The quantitative estimate of drug-likeness (QED) is 0.562. The molecule has 5 atom stereocenters. The smallest absolute Gasteiger partial charge is 0.195 e. The van der Waals surface area contributed by atoms with E-state index >= 15 is 0 Å². The fourth-order valence-corrected chi connectivity index (χ4v) is 3.63. The molecule has 3 aliphatic rings. The van der Waals surface area contributed by atoms with Crippen LogP contribution in [0.25, 0.3) is 0 Å². The monoisotopic (exact) mass is 266 g/mol. The zero-order valence-electron chi connectivity index (χ0n) is 10.9. The van der Waals surface area contributed by atoms with Crippen LogP contribution >= 0.6 is 0 Å². The summed E-state index contributed by atoms with van der Waals surface area (Å²) in [4.78, 5) is 0. The van der Waals surface area contributed by atoms with Crippen molar-refractivity contribution in [2.45, 2.75) is 42.4 Å². The highest BCUT2D eigenvalue weighted by Crippen LogP contribution is 2.67. The molecule has 5 heteroatoms. The topological polar surface area (TPSA) is 90.2 Å². The molecule has 19 heavy (non-hydrogen) atoms. The summed E-state index contributed by atoms with van der Waals surface area (Å²) in [7, 11) is 0. The highest BCUT2D eigenvalue weighted by molar-refractivity contribution is 5.44. The number of aliphatic hydroxyl groups is 4. The summed E-state index contributed by atoms with van der Waals surface area (Å²) in [5, 5.41) is 42.1. The van der Waals surface area contributed by atoms with Crippen molar-refractivity contribution in [2.75, 3.05) is 6.61 Å². The minimum atomic E-state index is -1.96. The number of hydrogen-bond donors (Lipinski definition) is 4. The Bertz CT molecular complexity index is 512. The predicted octanol–water partition coefficient (Wildman–Crippen LogP) is -0.264. The Kier molecular flexibility index (Phi) is 2.31. The van der Waals surface area contributed by atoms with Gasteiger partial charge in [0.05, 0.1) is 12.5 Å². The zero-order valence-corrected chi connectivity index (χ0v) is 10.9. The molecule has 2 heterocycles. The minimum Gasteiger partial charge on any atom is -0.384 e. The van der Waals surface area contributed by atoms with Crippen LogP contribution in [0, 0.1) is 0 Å². The van der Waals surface area contributed by atoms with Crippen LogP contribution in [-0.4, -0.2) is 49.6 Å². The summed E-state index contributed by atoms with van der Waals surface area (Å²) in [6.45, 7) is 2.38. The van der Waals surface area contributed by atoms with Crippen molar-refractivity contribution in [3.63, 3.8) is 0 Å². The maximum atomic E-state index is 10.8. The molecular formula is C14H18O5. The first-order valence-electron chi connectivity index (χ1n) is 6.27. The van der Waals surface area contributed by atoms with Gasteiger partial charge in [0.25, 0.3) is 0 Å². The maximum absolute atomic E-state index is 10.8. The largest absolute Gasteiger partial charge is 0.384 e. The average molecular weight is 266 g/mol. The standard InChI is InChI=1S/C14H18O5/c1-11(15)13(17)8-19-12(2,16)14(11,18)10(13)9-6-4-3-5-7-9/h3-7,10,15-18H,8H2,1-2H3/t10?,11-,12?,13-,14+/m0/s1. The molecule has 5 nitrogen and oxygen atoms in total. The van der Waals surface area contributed by atoms with Crippen LogP contribution in [0.15, 0.2) is 30.3 Å². The number of benzene rings is 1. The van der Waals surface area contributed by atoms with E-state index < -0.39 is 28.5 Å². The molecule has 1 saturated carbocycles.